The van der Waals surface area contributed by atoms with E-state index in [1.54, 1.807) is 12.1 Å². The Morgan fingerprint density at radius 2 is 2.19 bits per heavy atom. The first-order valence-corrected chi connectivity index (χ1v) is 7.60. The van der Waals surface area contributed by atoms with E-state index in [0.29, 0.717) is 16.8 Å². The van der Waals surface area contributed by atoms with Gasteiger partial charge in [0.1, 0.15) is 0 Å². The zero-order valence-electron chi connectivity index (χ0n) is 11.5. The molecule has 1 aliphatic heterocycles. The first kappa shape index (κ1) is 16.4. The quantitative estimate of drug-likeness (QED) is 0.835. The number of hydrogen-bond donors (Lipinski definition) is 1. The van der Waals surface area contributed by atoms with Gasteiger partial charge in [-0.1, -0.05) is 22.9 Å². The van der Waals surface area contributed by atoms with Gasteiger partial charge in [-0.15, -0.1) is 13.2 Å². The van der Waals surface area contributed by atoms with Gasteiger partial charge >= 0.3 is 6.36 Å². The molecular formula is C14H17BrF3NO2. The SMILES string of the molecule is CCC1CC(Nc2ccc(Br)cc2OC(F)(F)F)CCO1. The zero-order valence-corrected chi connectivity index (χ0v) is 13.1. The average Bonchev–Trinajstić information content (AvgIpc) is 2.40. The van der Waals surface area contributed by atoms with Crippen molar-refractivity contribution in [3.05, 3.63) is 22.7 Å². The summed E-state index contributed by atoms with van der Waals surface area (Å²) < 4.78 is 47.6. The summed E-state index contributed by atoms with van der Waals surface area (Å²) in [5, 5.41) is 3.14. The van der Waals surface area contributed by atoms with Crippen molar-refractivity contribution >= 4 is 21.6 Å². The number of benzene rings is 1. The smallest absolute Gasteiger partial charge is 0.404 e. The molecule has 0 spiro atoms. The zero-order chi connectivity index (χ0) is 15.5. The summed E-state index contributed by atoms with van der Waals surface area (Å²) in [6.07, 6.45) is -2.13. The van der Waals surface area contributed by atoms with Crippen LogP contribution >= 0.6 is 15.9 Å². The molecule has 1 aliphatic rings. The standard InChI is InChI=1S/C14H17BrF3NO2/c1-2-11-8-10(5-6-20-11)19-12-4-3-9(15)7-13(12)21-14(16,17)18/h3-4,7,10-11,19H,2,5-6,8H2,1H3. The third-order valence-corrected chi connectivity index (χ3v) is 3.84. The highest BCUT2D eigenvalue weighted by atomic mass is 79.9. The first-order valence-electron chi connectivity index (χ1n) is 6.81. The van der Waals surface area contributed by atoms with Gasteiger partial charge < -0.3 is 14.8 Å². The van der Waals surface area contributed by atoms with Crippen molar-refractivity contribution in [2.24, 2.45) is 0 Å². The second-order valence-corrected chi connectivity index (χ2v) is 5.87. The minimum atomic E-state index is -4.71. The van der Waals surface area contributed by atoms with E-state index in [-0.39, 0.29) is 17.9 Å². The Kier molecular flexibility index (Phi) is 5.37. The molecule has 21 heavy (non-hydrogen) atoms. The number of nitrogens with one attached hydrogen (secondary N) is 1. The van der Waals surface area contributed by atoms with E-state index in [4.69, 9.17) is 4.74 Å². The van der Waals surface area contributed by atoms with E-state index in [0.717, 1.165) is 19.3 Å². The van der Waals surface area contributed by atoms with E-state index in [9.17, 15) is 13.2 Å². The summed E-state index contributed by atoms with van der Waals surface area (Å²) in [6, 6.07) is 4.66. The average molecular weight is 368 g/mol. The molecular weight excluding hydrogens is 351 g/mol. The van der Waals surface area contributed by atoms with Crippen LogP contribution in [0.2, 0.25) is 0 Å². The van der Waals surface area contributed by atoms with Crippen molar-refractivity contribution in [2.45, 2.75) is 44.7 Å². The number of hydrogen-bond acceptors (Lipinski definition) is 3. The molecule has 1 aromatic rings. The minimum Gasteiger partial charge on any atom is -0.404 e. The maximum absolute atomic E-state index is 12.5. The lowest BCUT2D eigenvalue weighted by Gasteiger charge is -2.30. The molecule has 118 valence electrons. The van der Waals surface area contributed by atoms with E-state index >= 15 is 0 Å². The number of rotatable bonds is 4. The molecule has 2 rings (SSSR count). The van der Waals surface area contributed by atoms with Crippen molar-refractivity contribution in [3.63, 3.8) is 0 Å². The van der Waals surface area contributed by atoms with Crippen molar-refractivity contribution < 1.29 is 22.6 Å². The molecule has 2 atom stereocenters. The summed E-state index contributed by atoms with van der Waals surface area (Å²) in [5.41, 5.74) is 0.345. The fourth-order valence-corrected chi connectivity index (χ4v) is 2.68. The lowest BCUT2D eigenvalue weighted by Crippen LogP contribution is -2.34. The van der Waals surface area contributed by atoms with E-state index in [1.165, 1.54) is 6.07 Å². The molecule has 0 amide bonds. The van der Waals surface area contributed by atoms with Crippen LogP contribution < -0.4 is 10.1 Å². The van der Waals surface area contributed by atoms with Gasteiger partial charge in [0.05, 0.1) is 11.8 Å². The molecule has 0 radical (unpaired) electrons. The van der Waals surface area contributed by atoms with Gasteiger partial charge in [-0.3, -0.25) is 0 Å². The third kappa shape index (κ3) is 5.07. The van der Waals surface area contributed by atoms with Crippen LogP contribution in [0.3, 0.4) is 0 Å². The third-order valence-electron chi connectivity index (χ3n) is 3.35. The molecule has 1 heterocycles. The van der Waals surface area contributed by atoms with Gasteiger partial charge in [0.2, 0.25) is 0 Å². The topological polar surface area (TPSA) is 30.5 Å². The van der Waals surface area contributed by atoms with Crippen LogP contribution in [0.1, 0.15) is 26.2 Å². The molecule has 1 fully saturated rings. The normalized spacial score (nSPS) is 22.9. The monoisotopic (exact) mass is 367 g/mol. The first-order chi connectivity index (χ1) is 9.87. The predicted molar refractivity (Wildman–Crippen MR) is 77.5 cm³/mol. The van der Waals surface area contributed by atoms with Crippen LogP contribution in [-0.2, 0) is 4.74 Å². The molecule has 0 saturated carbocycles. The van der Waals surface area contributed by atoms with Crippen LogP contribution in [0.5, 0.6) is 5.75 Å². The van der Waals surface area contributed by atoms with Gasteiger partial charge in [0, 0.05) is 17.1 Å². The Morgan fingerprint density at radius 3 is 2.86 bits per heavy atom. The van der Waals surface area contributed by atoms with Gasteiger partial charge in [-0.25, -0.2) is 0 Å². The number of ether oxygens (including phenoxy) is 2. The molecule has 1 N–H and O–H groups in total. The Labute approximate surface area is 129 Å². The predicted octanol–water partition coefficient (Wildman–Crippen LogP) is 4.72. The summed E-state index contributed by atoms with van der Waals surface area (Å²) >= 11 is 3.15. The van der Waals surface area contributed by atoms with Crippen molar-refractivity contribution in [3.8, 4) is 5.75 Å². The van der Waals surface area contributed by atoms with Crippen LogP contribution in [-0.4, -0.2) is 25.1 Å². The lowest BCUT2D eigenvalue weighted by atomic mass is 10.0. The second-order valence-electron chi connectivity index (χ2n) is 4.95. The largest absolute Gasteiger partial charge is 0.573 e. The van der Waals surface area contributed by atoms with Crippen LogP contribution in [0.4, 0.5) is 18.9 Å². The molecule has 1 aromatic carbocycles. The van der Waals surface area contributed by atoms with Crippen LogP contribution in [0.25, 0.3) is 0 Å². The number of anilines is 1. The van der Waals surface area contributed by atoms with E-state index in [1.807, 2.05) is 6.92 Å². The molecule has 2 unspecified atom stereocenters. The summed E-state index contributed by atoms with van der Waals surface area (Å²) in [4.78, 5) is 0. The second kappa shape index (κ2) is 6.87. The maximum Gasteiger partial charge on any atom is 0.573 e. The molecule has 7 heteroatoms. The highest BCUT2D eigenvalue weighted by Crippen LogP contribution is 2.34. The van der Waals surface area contributed by atoms with Crippen molar-refractivity contribution in [2.75, 3.05) is 11.9 Å². The highest BCUT2D eigenvalue weighted by molar-refractivity contribution is 9.10. The van der Waals surface area contributed by atoms with E-state index in [2.05, 4.69) is 26.0 Å². The van der Waals surface area contributed by atoms with Crippen molar-refractivity contribution in [1.82, 2.24) is 0 Å². The Balaban J connectivity index is 2.11. The molecule has 1 saturated heterocycles. The fourth-order valence-electron chi connectivity index (χ4n) is 2.34. The molecule has 0 aromatic heterocycles. The van der Waals surface area contributed by atoms with Gasteiger partial charge in [-0.05, 0) is 37.5 Å². The van der Waals surface area contributed by atoms with Gasteiger partial charge in [0.25, 0.3) is 0 Å². The summed E-state index contributed by atoms with van der Waals surface area (Å²) in [6.45, 7) is 2.65. The maximum atomic E-state index is 12.5. The Hall–Kier alpha value is -0.950. The van der Waals surface area contributed by atoms with Crippen molar-refractivity contribution in [1.29, 1.82) is 0 Å². The van der Waals surface area contributed by atoms with Crippen LogP contribution in [0.15, 0.2) is 22.7 Å². The molecule has 3 nitrogen and oxygen atoms in total. The molecule has 0 aliphatic carbocycles. The Bertz CT molecular complexity index is 482. The van der Waals surface area contributed by atoms with Gasteiger partial charge in [-0.2, -0.15) is 0 Å². The number of alkyl halides is 3. The number of halogens is 4. The van der Waals surface area contributed by atoms with Crippen LogP contribution in [0, 0.1) is 0 Å². The lowest BCUT2D eigenvalue weighted by molar-refractivity contribution is -0.274. The Morgan fingerprint density at radius 1 is 1.43 bits per heavy atom. The summed E-state index contributed by atoms with van der Waals surface area (Å²) in [7, 11) is 0. The minimum absolute atomic E-state index is 0.0838. The van der Waals surface area contributed by atoms with Gasteiger partial charge in [0.15, 0.2) is 5.75 Å². The van der Waals surface area contributed by atoms with E-state index < -0.39 is 6.36 Å². The fraction of sp³-hybridized carbons (Fsp3) is 0.571. The summed E-state index contributed by atoms with van der Waals surface area (Å²) in [5.74, 6) is -0.226. The molecule has 0 bridgehead atoms. The highest BCUT2D eigenvalue weighted by Gasteiger charge is 2.32.